The van der Waals surface area contributed by atoms with Crippen molar-refractivity contribution >= 4 is 0 Å². The van der Waals surface area contributed by atoms with Gasteiger partial charge in [0.2, 0.25) is 0 Å². The van der Waals surface area contributed by atoms with Gasteiger partial charge in [0.1, 0.15) is 0 Å². The predicted octanol–water partition coefficient (Wildman–Crippen LogP) is 1.27. The molecule has 1 atom stereocenters. The molecule has 5 heteroatoms. The second kappa shape index (κ2) is 6.71. The van der Waals surface area contributed by atoms with E-state index in [9.17, 15) is 0 Å². The van der Waals surface area contributed by atoms with Gasteiger partial charge in [-0.05, 0) is 32.1 Å². The summed E-state index contributed by atoms with van der Waals surface area (Å²) in [7, 11) is 0. The lowest BCUT2D eigenvalue weighted by molar-refractivity contribution is 0.254. The highest BCUT2D eigenvalue weighted by molar-refractivity contribution is 5.11. The summed E-state index contributed by atoms with van der Waals surface area (Å²) in [5.41, 5.74) is 7.69. The van der Waals surface area contributed by atoms with Gasteiger partial charge in [-0.25, -0.2) is 4.68 Å². The summed E-state index contributed by atoms with van der Waals surface area (Å²) in [6.07, 6.45) is 2.75. The van der Waals surface area contributed by atoms with E-state index in [2.05, 4.69) is 24.2 Å². The predicted molar refractivity (Wildman–Crippen MR) is 67.5 cm³/mol. The van der Waals surface area contributed by atoms with Gasteiger partial charge in [-0.3, -0.25) is 0 Å². The first-order valence-electron chi connectivity index (χ1n) is 6.34. The smallest absolute Gasteiger partial charge is 0.0994 e. The van der Waals surface area contributed by atoms with Gasteiger partial charge in [0.15, 0.2) is 0 Å². The van der Waals surface area contributed by atoms with Crippen molar-refractivity contribution in [1.29, 1.82) is 0 Å². The third-order valence-electron chi connectivity index (χ3n) is 2.99. The minimum absolute atomic E-state index is 0.169. The van der Waals surface area contributed by atoms with Gasteiger partial charge in [-0.15, -0.1) is 5.10 Å². The molecule has 0 fully saturated rings. The normalized spacial score (nSPS) is 13.3. The van der Waals surface area contributed by atoms with Crippen molar-refractivity contribution in [2.24, 2.45) is 11.7 Å². The number of hydrogen-bond acceptors (Lipinski definition) is 4. The molecule has 17 heavy (non-hydrogen) atoms. The maximum atomic E-state index is 8.98. The van der Waals surface area contributed by atoms with Crippen LogP contribution in [0, 0.1) is 5.92 Å². The number of nitrogens with zero attached hydrogens (tertiary/aromatic N) is 3. The van der Waals surface area contributed by atoms with Crippen molar-refractivity contribution in [3.8, 4) is 0 Å². The van der Waals surface area contributed by atoms with Gasteiger partial charge in [0.05, 0.1) is 17.4 Å². The second-order valence-corrected chi connectivity index (χ2v) is 4.93. The van der Waals surface area contributed by atoms with Crippen molar-refractivity contribution in [1.82, 2.24) is 15.0 Å². The van der Waals surface area contributed by atoms with Crippen molar-refractivity contribution < 1.29 is 5.11 Å². The third kappa shape index (κ3) is 3.78. The highest BCUT2D eigenvalue weighted by Gasteiger charge is 2.16. The molecule has 1 aromatic heterocycles. The summed E-state index contributed by atoms with van der Waals surface area (Å²) in [4.78, 5) is 0. The van der Waals surface area contributed by atoms with Crippen molar-refractivity contribution in [3.63, 3.8) is 0 Å². The number of aliphatic hydroxyl groups excluding tert-OH is 1. The molecule has 5 nitrogen and oxygen atoms in total. The second-order valence-electron chi connectivity index (χ2n) is 4.93. The van der Waals surface area contributed by atoms with E-state index in [0.29, 0.717) is 18.9 Å². The van der Waals surface area contributed by atoms with E-state index < -0.39 is 0 Å². The number of nitrogens with two attached hydrogens (primary N) is 1. The molecular formula is C12H24N4O. The fourth-order valence-electron chi connectivity index (χ4n) is 1.85. The first kappa shape index (κ1) is 14.1. The molecule has 98 valence electrons. The summed E-state index contributed by atoms with van der Waals surface area (Å²) in [5, 5.41) is 17.3. The maximum absolute atomic E-state index is 8.98. The van der Waals surface area contributed by atoms with Crippen LogP contribution in [0.1, 0.15) is 51.0 Å². The van der Waals surface area contributed by atoms with Crippen LogP contribution in [-0.4, -0.2) is 26.7 Å². The van der Waals surface area contributed by atoms with Crippen molar-refractivity contribution in [2.75, 3.05) is 6.61 Å². The Morgan fingerprint density at radius 2 is 2.00 bits per heavy atom. The fourth-order valence-corrected chi connectivity index (χ4v) is 1.85. The van der Waals surface area contributed by atoms with Gasteiger partial charge < -0.3 is 10.8 Å². The van der Waals surface area contributed by atoms with Gasteiger partial charge >= 0.3 is 0 Å². The van der Waals surface area contributed by atoms with Gasteiger partial charge in [-0.1, -0.05) is 19.1 Å². The average Bonchev–Trinajstić information content (AvgIpc) is 2.69. The molecule has 0 aliphatic carbocycles. The number of aliphatic hydroxyl groups is 1. The highest BCUT2D eigenvalue weighted by atomic mass is 16.3. The van der Waals surface area contributed by atoms with Crippen LogP contribution in [0.3, 0.4) is 0 Å². The molecule has 1 aromatic rings. The topological polar surface area (TPSA) is 77.0 Å². The molecule has 1 heterocycles. The average molecular weight is 240 g/mol. The summed E-state index contributed by atoms with van der Waals surface area (Å²) in [5.74, 6) is 0.650. The van der Waals surface area contributed by atoms with Gasteiger partial charge in [-0.2, -0.15) is 0 Å². The summed E-state index contributed by atoms with van der Waals surface area (Å²) in [6.45, 7) is 7.05. The van der Waals surface area contributed by atoms with E-state index in [1.54, 1.807) is 0 Å². The Balaban J connectivity index is 2.85. The first-order valence-corrected chi connectivity index (χ1v) is 6.34. The maximum Gasteiger partial charge on any atom is 0.0994 e. The van der Waals surface area contributed by atoms with Crippen molar-refractivity contribution in [2.45, 2.75) is 52.6 Å². The Morgan fingerprint density at radius 3 is 2.53 bits per heavy atom. The minimum atomic E-state index is 0.169. The first-order chi connectivity index (χ1) is 8.10. The number of aromatic nitrogens is 3. The van der Waals surface area contributed by atoms with E-state index in [-0.39, 0.29) is 12.6 Å². The zero-order valence-corrected chi connectivity index (χ0v) is 11.1. The van der Waals surface area contributed by atoms with Gasteiger partial charge in [0, 0.05) is 13.2 Å². The van der Waals surface area contributed by atoms with E-state index in [0.717, 1.165) is 24.2 Å². The molecule has 1 unspecified atom stereocenters. The molecule has 0 aromatic carbocycles. The molecule has 0 saturated heterocycles. The SMILES string of the molecule is CC(C)CCc1c(CN)nnn1C(C)CCO. The monoisotopic (exact) mass is 240 g/mol. The molecule has 0 bridgehead atoms. The molecule has 0 amide bonds. The Kier molecular flexibility index (Phi) is 5.58. The van der Waals surface area contributed by atoms with Crippen LogP contribution in [0.2, 0.25) is 0 Å². The third-order valence-corrected chi connectivity index (χ3v) is 2.99. The zero-order chi connectivity index (χ0) is 12.8. The quantitative estimate of drug-likeness (QED) is 0.752. The Labute approximate surface area is 103 Å². The van der Waals surface area contributed by atoms with Crippen LogP contribution < -0.4 is 5.73 Å². The lowest BCUT2D eigenvalue weighted by Crippen LogP contribution is -2.14. The fraction of sp³-hybridized carbons (Fsp3) is 0.833. The van der Waals surface area contributed by atoms with E-state index in [1.807, 2.05) is 11.6 Å². The highest BCUT2D eigenvalue weighted by Crippen LogP contribution is 2.17. The van der Waals surface area contributed by atoms with E-state index >= 15 is 0 Å². The molecule has 3 N–H and O–H groups in total. The summed E-state index contributed by atoms with van der Waals surface area (Å²) < 4.78 is 1.92. The largest absolute Gasteiger partial charge is 0.396 e. The Bertz CT molecular complexity index is 335. The minimum Gasteiger partial charge on any atom is -0.396 e. The summed E-state index contributed by atoms with van der Waals surface area (Å²) >= 11 is 0. The molecular weight excluding hydrogens is 216 g/mol. The number of rotatable bonds is 7. The molecule has 0 aliphatic rings. The van der Waals surface area contributed by atoms with Crippen LogP contribution in [0.25, 0.3) is 0 Å². The Hall–Kier alpha value is -0.940. The van der Waals surface area contributed by atoms with E-state index in [1.165, 1.54) is 0 Å². The standard InChI is InChI=1S/C12H24N4O/c1-9(2)4-5-12-11(8-13)14-15-16(12)10(3)6-7-17/h9-10,17H,4-8,13H2,1-3H3. The molecule has 1 rings (SSSR count). The lowest BCUT2D eigenvalue weighted by atomic mass is 10.0. The van der Waals surface area contributed by atoms with Crippen LogP contribution in [-0.2, 0) is 13.0 Å². The van der Waals surface area contributed by atoms with Crippen molar-refractivity contribution in [3.05, 3.63) is 11.4 Å². The van der Waals surface area contributed by atoms with Crippen LogP contribution in [0.5, 0.6) is 0 Å². The number of hydrogen-bond donors (Lipinski definition) is 2. The molecule has 0 saturated carbocycles. The molecule has 0 radical (unpaired) electrons. The Morgan fingerprint density at radius 1 is 1.29 bits per heavy atom. The van der Waals surface area contributed by atoms with Crippen LogP contribution in [0.15, 0.2) is 0 Å². The van der Waals surface area contributed by atoms with E-state index in [4.69, 9.17) is 10.8 Å². The lowest BCUT2D eigenvalue weighted by Gasteiger charge is -2.14. The molecule has 0 spiro atoms. The van der Waals surface area contributed by atoms with Crippen LogP contribution in [0.4, 0.5) is 0 Å². The molecule has 0 aliphatic heterocycles. The van der Waals surface area contributed by atoms with Gasteiger partial charge in [0.25, 0.3) is 0 Å². The van der Waals surface area contributed by atoms with Crippen LogP contribution >= 0.6 is 0 Å². The summed E-state index contributed by atoms with van der Waals surface area (Å²) in [6, 6.07) is 0.176. The zero-order valence-electron chi connectivity index (χ0n) is 11.1.